The Kier molecular flexibility index (Phi) is 8.70. The lowest BCUT2D eigenvalue weighted by Gasteiger charge is -2.11. The Bertz CT molecular complexity index is 860. The van der Waals surface area contributed by atoms with E-state index in [9.17, 15) is 14.0 Å². The largest absolute Gasteiger partial charge is 0.496 e. The zero-order chi connectivity index (χ0) is 22.1. The first-order chi connectivity index (χ1) is 14.3. The van der Waals surface area contributed by atoms with Crippen LogP contribution in [0.5, 0.6) is 5.75 Å². The second kappa shape index (κ2) is 11.2. The van der Waals surface area contributed by atoms with Crippen LogP contribution in [0.25, 0.3) is 0 Å². The third-order valence-electron chi connectivity index (χ3n) is 4.39. The summed E-state index contributed by atoms with van der Waals surface area (Å²) in [6.07, 6.45) is 2.72. The predicted molar refractivity (Wildman–Crippen MR) is 109 cm³/mol. The monoisotopic (exact) mass is 419 g/mol. The molecule has 1 aromatic carbocycles. The van der Waals surface area contributed by atoms with Crippen LogP contribution >= 0.6 is 0 Å². The molecule has 1 aliphatic heterocycles. The number of nitrogens with two attached hydrogens (primary N) is 1. The number of carbonyl (C=O) groups is 2. The summed E-state index contributed by atoms with van der Waals surface area (Å²) >= 11 is 0. The first kappa shape index (κ1) is 23.2. The first-order valence-corrected chi connectivity index (χ1v) is 9.38. The Morgan fingerprint density at radius 1 is 1.27 bits per heavy atom. The summed E-state index contributed by atoms with van der Waals surface area (Å²) in [5.74, 6) is -0.554. The zero-order valence-corrected chi connectivity index (χ0v) is 17.2. The van der Waals surface area contributed by atoms with Crippen molar-refractivity contribution in [1.29, 1.82) is 0 Å². The van der Waals surface area contributed by atoms with E-state index in [0.717, 1.165) is 12.8 Å². The molecule has 2 atom stereocenters. The minimum absolute atomic E-state index is 0.121. The summed E-state index contributed by atoms with van der Waals surface area (Å²) in [7, 11) is 3.03. The van der Waals surface area contributed by atoms with Gasteiger partial charge in [0, 0.05) is 7.11 Å². The van der Waals surface area contributed by atoms with Crippen molar-refractivity contribution in [3.05, 3.63) is 53.6 Å². The summed E-state index contributed by atoms with van der Waals surface area (Å²) in [5, 5.41) is 2.69. The van der Waals surface area contributed by atoms with E-state index in [-0.39, 0.29) is 30.1 Å². The molecular weight excluding hydrogens is 393 g/mol. The van der Waals surface area contributed by atoms with E-state index >= 15 is 0 Å². The van der Waals surface area contributed by atoms with Gasteiger partial charge in [-0.1, -0.05) is 6.07 Å². The van der Waals surface area contributed by atoms with Crippen LogP contribution in [-0.2, 0) is 20.9 Å². The van der Waals surface area contributed by atoms with Gasteiger partial charge in [-0.2, -0.15) is 0 Å². The number of methoxy groups -OCH3 is 2. The van der Waals surface area contributed by atoms with Crippen LogP contribution in [-0.4, -0.2) is 43.2 Å². The molecule has 1 saturated heterocycles. The summed E-state index contributed by atoms with van der Waals surface area (Å²) in [6, 6.07) is 7.75. The van der Waals surface area contributed by atoms with Gasteiger partial charge < -0.3 is 25.3 Å². The van der Waals surface area contributed by atoms with E-state index in [1.807, 2.05) is 6.92 Å². The molecule has 30 heavy (non-hydrogen) atoms. The molecule has 2 aromatic rings. The molecule has 9 heteroatoms. The fourth-order valence-corrected chi connectivity index (χ4v) is 2.85. The number of carbonyl (C=O) groups excluding carboxylic acids is 2. The molecule has 1 fully saturated rings. The van der Waals surface area contributed by atoms with Crippen molar-refractivity contribution in [3.8, 4) is 5.75 Å². The highest BCUT2D eigenvalue weighted by Crippen LogP contribution is 2.22. The van der Waals surface area contributed by atoms with Gasteiger partial charge >= 0.3 is 0 Å². The number of hydrogen-bond acceptors (Lipinski definition) is 6. The molecule has 2 heterocycles. The maximum atomic E-state index is 13.1. The van der Waals surface area contributed by atoms with Crippen molar-refractivity contribution < 1.29 is 28.2 Å². The predicted octanol–water partition coefficient (Wildman–Crippen LogP) is 2.67. The molecule has 0 aliphatic carbocycles. The van der Waals surface area contributed by atoms with Crippen LogP contribution in [0.3, 0.4) is 0 Å². The highest BCUT2D eigenvalue weighted by molar-refractivity contribution is 5.95. The Labute approximate surface area is 174 Å². The topological polar surface area (TPSA) is 113 Å². The Morgan fingerprint density at radius 3 is 2.57 bits per heavy atom. The molecule has 0 saturated carbocycles. The van der Waals surface area contributed by atoms with Gasteiger partial charge in [0.25, 0.3) is 11.8 Å². The van der Waals surface area contributed by atoms with Gasteiger partial charge in [-0.15, -0.1) is 0 Å². The second-order valence-corrected chi connectivity index (χ2v) is 6.65. The van der Waals surface area contributed by atoms with Crippen LogP contribution in [0, 0.1) is 5.82 Å². The first-order valence-electron chi connectivity index (χ1n) is 9.38. The fraction of sp³-hybridized carbons (Fsp3) is 0.381. The van der Waals surface area contributed by atoms with Crippen LogP contribution in [0.1, 0.15) is 35.8 Å². The average molecular weight is 419 g/mol. The minimum atomic E-state index is -0.596. The molecular formula is C21H26FN3O5. The number of amides is 2. The maximum Gasteiger partial charge on any atom is 0.267 e. The highest BCUT2D eigenvalue weighted by Gasteiger charge is 2.28. The average Bonchev–Trinajstić information content (AvgIpc) is 3.17. The smallest absolute Gasteiger partial charge is 0.267 e. The van der Waals surface area contributed by atoms with E-state index in [1.165, 1.54) is 32.5 Å². The van der Waals surface area contributed by atoms with Crippen molar-refractivity contribution in [2.45, 2.75) is 38.6 Å². The highest BCUT2D eigenvalue weighted by atomic mass is 19.1. The summed E-state index contributed by atoms with van der Waals surface area (Å²) in [4.78, 5) is 26.5. The van der Waals surface area contributed by atoms with E-state index in [1.54, 1.807) is 18.2 Å². The Hall–Kier alpha value is -3.04. The molecule has 3 N–H and O–H groups in total. The van der Waals surface area contributed by atoms with E-state index in [0.29, 0.717) is 17.0 Å². The van der Waals surface area contributed by atoms with Crippen LogP contribution in [0.2, 0.25) is 0 Å². The molecule has 8 nitrogen and oxygen atoms in total. The van der Waals surface area contributed by atoms with Crippen molar-refractivity contribution in [2.75, 3.05) is 19.5 Å². The van der Waals surface area contributed by atoms with Gasteiger partial charge in [0.2, 0.25) is 0 Å². The number of halogens is 1. The molecule has 2 amide bonds. The standard InChI is InChI=1S/C12H15N3O3.C9H11FO2/c1-7-2-5-10(18-7)12(17)15-8-3-4-9(11(13)16)14-6-8;1-11-6-7-8(10)4-3-5-9(7)12-2/h3-4,6-7,10H,2,5H2,1H3,(H2,13,16)(H,15,17);3-5H,6H2,1-2H3. The van der Waals surface area contributed by atoms with Gasteiger partial charge in [-0.05, 0) is 44.0 Å². The minimum Gasteiger partial charge on any atom is -0.496 e. The molecule has 162 valence electrons. The number of benzene rings is 1. The number of primary amides is 1. The zero-order valence-electron chi connectivity index (χ0n) is 17.2. The van der Waals surface area contributed by atoms with Gasteiger partial charge in [0.1, 0.15) is 23.4 Å². The Balaban J connectivity index is 0.000000232. The van der Waals surface area contributed by atoms with Crippen molar-refractivity contribution in [1.82, 2.24) is 4.98 Å². The lowest BCUT2D eigenvalue weighted by atomic mass is 10.2. The molecule has 0 bridgehead atoms. The summed E-state index contributed by atoms with van der Waals surface area (Å²) in [5.41, 5.74) is 6.22. The van der Waals surface area contributed by atoms with Gasteiger partial charge in [-0.25, -0.2) is 9.37 Å². The number of hydrogen-bond donors (Lipinski definition) is 2. The van der Waals surface area contributed by atoms with Crippen LogP contribution < -0.4 is 15.8 Å². The molecule has 3 rings (SSSR count). The molecule has 0 spiro atoms. The van der Waals surface area contributed by atoms with Crippen LogP contribution in [0.4, 0.5) is 10.1 Å². The summed E-state index contributed by atoms with van der Waals surface area (Å²) in [6.45, 7) is 2.17. The lowest BCUT2D eigenvalue weighted by Crippen LogP contribution is -2.27. The van der Waals surface area contributed by atoms with E-state index in [4.69, 9.17) is 19.9 Å². The number of aromatic nitrogens is 1. The second-order valence-electron chi connectivity index (χ2n) is 6.65. The third-order valence-corrected chi connectivity index (χ3v) is 4.39. The number of nitrogens with zero attached hydrogens (tertiary/aromatic N) is 1. The lowest BCUT2D eigenvalue weighted by molar-refractivity contribution is -0.126. The SMILES string of the molecule is CC1CCC(C(=O)Nc2ccc(C(N)=O)nc2)O1.COCc1c(F)cccc1OC. The van der Waals surface area contributed by atoms with Gasteiger partial charge in [-0.3, -0.25) is 9.59 Å². The normalized spacial score (nSPS) is 17.6. The molecule has 0 radical (unpaired) electrons. The molecule has 1 aliphatic rings. The number of ether oxygens (including phenoxy) is 3. The number of nitrogens with one attached hydrogen (secondary N) is 1. The molecule has 1 aromatic heterocycles. The number of anilines is 1. The van der Waals surface area contributed by atoms with Gasteiger partial charge in [0.15, 0.2) is 0 Å². The quantitative estimate of drug-likeness (QED) is 0.744. The summed E-state index contributed by atoms with van der Waals surface area (Å²) < 4.78 is 28.3. The number of pyridine rings is 1. The van der Waals surface area contributed by atoms with E-state index < -0.39 is 12.0 Å². The van der Waals surface area contributed by atoms with Crippen molar-refractivity contribution >= 4 is 17.5 Å². The number of rotatable bonds is 6. The Morgan fingerprint density at radius 2 is 2.03 bits per heavy atom. The van der Waals surface area contributed by atoms with E-state index in [2.05, 4.69) is 10.3 Å². The maximum absolute atomic E-state index is 13.1. The van der Waals surface area contributed by atoms with Crippen molar-refractivity contribution in [2.24, 2.45) is 5.73 Å². The van der Waals surface area contributed by atoms with Gasteiger partial charge in [0.05, 0.1) is 37.3 Å². The van der Waals surface area contributed by atoms with Crippen molar-refractivity contribution in [3.63, 3.8) is 0 Å². The van der Waals surface area contributed by atoms with Crippen LogP contribution in [0.15, 0.2) is 36.5 Å². The fourth-order valence-electron chi connectivity index (χ4n) is 2.85. The molecule has 2 unspecified atom stereocenters. The third kappa shape index (κ3) is 6.50.